The molecule has 4 aromatic rings. The molecule has 2 amide bonds. The highest BCUT2D eigenvalue weighted by atomic mass is 32.1. The van der Waals surface area contributed by atoms with Crippen molar-refractivity contribution >= 4 is 34.2 Å². The molecule has 0 radical (unpaired) electrons. The van der Waals surface area contributed by atoms with E-state index in [1.165, 1.54) is 11.3 Å². The number of thiophene rings is 1. The van der Waals surface area contributed by atoms with Gasteiger partial charge in [-0.2, -0.15) is 0 Å². The lowest BCUT2D eigenvalue weighted by atomic mass is 10.0. The Morgan fingerprint density at radius 3 is 2.61 bits per heavy atom. The number of carbonyl (C=O) groups is 2. The van der Waals surface area contributed by atoms with Gasteiger partial charge in [0, 0.05) is 23.1 Å². The molecule has 2 aromatic carbocycles. The summed E-state index contributed by atoms with van der Waals surface area (Å²) < 4.78 is 12.6. The van der Waals surface area contributed by atoms with Crippen LogP contribution in [0.3, 0.4) is 0 Å². The van der Waals surface area contributed by atoms with Gasteiger partial charge in [0.2, 0.25) is 11.8 Å². The maximum atomic E-state index is 14.0. The molecule has 0 saturated heterocycles. The highest BCUT2D eigenvalue weighted by Gasteiger charge is 2.34. The van der Waals surface area contributed by atoms with Crippen LogP contribution in [0.1, 0.15) is 36.8 Å². The minimum atomic E-state index is -0.938. The molecule has 0 spiro atoms. The van der Waals surface area contributed by atoms with Gasteiger partial charge in [-0.15, -0.1) is 16.4 Å². The fraction of sp³-hybridized carbons (Fsp3) is 0.357. The molecule has 0 aliphatic rings. The smallest absolute Gasteiger partial charge is 0.247 e. The standard InChI is InChI=1S/C28H33N5O4S/c1-19(2)13-14-29-28(35)27(22-12-11-20(36-3)16-25(22)37-4)32(17-21-8-7-15-38-21)26(34)18-33-24-10-6-5-9-23(24)30-31-33/h5-12,15-16,19,27H,13-14,17-18H2,1-4H3,(H,29,35)/t27-/m1/s1. The number of benzene rings is 2. The molecule has 2 aromatic heterocycles. The normalized spacial score (nSPS) is 11.9. The predicted octanol–water partition coefficient (Wildman–Crippen LogP) is 4.44. The number of aromatic nitrogens is 3. The molecule has 0 aliphatic carbocycles. The van der Waals surface area contributed by atoms with Crippen LogP contribution < -0.4 is 14.8 Å². The summed E-state index contributed by atoms with van der Waals surface area (Å²) in [5, 5.41) is 13.4. The van der Waals surface area contributed by atoms with Crippen molar-refractivity contribution < 1.29 is 19.1 Å². The van der Waals surface area contributed by atoms with Crippen molar-refractivity contribution in [3.8, 4) is 11.5 Å². The third kappa shape index (κ3) is 6.31. The number of carbonyl (C=O) groups excluding carboxylic acids is 2. The van der Waals surface area contributed by atoms with Crippen LogP contribution in [0.25, 0.3) is 11.0 Å². The minimum absolute atomic E-state index is 0.0693. The lowest BCUT2D eigenvalue weighted by Gasteiger charge is -2.32. The molecule has 1 N–H and O–H groups in total. The Morgan fingerprint density at radius 1 is 1.08 bits per heavy atom. The van der Waals surface area contributed by atoms with Gasteiger partial charge >= 0.3 is 0 Å². The van der Waals surface area contributed by atoms with Crippen LogP contribution in [0.4, 0.5) is 0 Å². The van der Waals surface area contributed by atoms with Crippen molar-refractivity contribution in [2.45, 2.75) is 39.4 Å². The quantitative estimate of drug-likeness (QED) is 0.288. The Bertz CT molecular complexity index is 1370. The molecule has 0 aliphatic heterocycles. The number of rotatable bonds is 12. The number of methoxy groups -OCH3 is 2. The fourth-order valence-electron chi connectivity index (χ4n) is 4.22. The lowest BCUT2D eigenvalue weighted by Crippen LogP contribution is -2.45. The van der Waals surface area contributed by atoms with Crippen molar-refractivity contribution in [1.82, 2.24) is 25.2 Å². The first-order valence-corrected chi connectivity index (χ1v) is 13.4. The van der Waals surface area contributed by atoms with E-state index in [4.69, 9.17) is 9.47 Å². The molecule has 10 heteroatoms. The third-order valence-electron chi connectivity index (χ3n) is 6.25. The highest BCUT2D eigenvalue weighted by Crippen LogP contribution is 2.34. The zero-order valence-electron chi connectivity index (χ0n) is 22.1. The Kier molecular flexibility index (Phi) is 8.96. The van der Waals surface area contributed by atoms with Crippen molar-refractivity contribution in [3.63, 3.8) is 0 Å². The first-order valence-electron chi connectivity index (χ1n) is 12.5. The molecular weight excluding hydrogens is 502 g/mol. The van der Waals surface area contributed by atoms with E-state index in [-0.39, 0.29) is 24.9 Å². The lowest BCUT2D eigenvalue weighted by molar-refractivity contribution is -0.142. The highest BCUT2D eigenvalue weighted by molar-refractivity contribution is 7.09. The predicted molar refractivity (Wildman–Crippen MR) is 147 cm³/mol. The zero-order chi connectivity index (χ0) is 27.1. The molecule has 1 atom stereocenters. The van der Waals surface area contributed by atoms with Gasteiger partial charge < -0.3 is 19.7 Å². The van der Waals surface area contributed by atoms with E-state index in [9.17, 15) is 9.59 Å². The Balaban J connectivity index is 1.75. The van der Waals surface area contributed by atoms with Crippen molar-refractivity contribution in [3.05, 3.63) is 70.4 Å². The topological polar surface area (TPSA) is 98.6 Å². The second-order valence-corrected chi connectivity index (χ2v) is 10.4. The van der Waals surface area contributed by atoms with Crippen LogP contribution in [0.2, 0.25) is 0 Å². The second-order valence-electron chi connectivity index (χ2n) is 9.32. The largest absolute Gasteiger partial charge is 0.497 e. The van der Waals surface area contributed by atoms with Gasteiger partial charge in [0.15, 0.2) is 0 Å². The molecule has 0 bridgehead atoms. The zero-order valence-corrected chi connectivity index (χ0v) is 22.9. The maximum Gasteiger partial charge on any atom is 0.247 e. The second kappa shape index (κ2) is 12.6. The van der Waals surface area contributed by atoms with Crippen LogP contribution >= 0.6 is 11.3 Å². The number of ether oxygens (including phenoxy) is 2. The molecule has 38 heavy (non-hydrogen) atoms. The van der Waals surface area contributed by atoms with E-state index in [0.717, 1.165) is 16.8 Å². The number of nitrogens with one attached hydrogen (secondary N) is 1. The third-order valence-corrected chi connectivity index (χ3v) is 7.11. The molecule has 0 unspecified atom stereocenters. The number of amides is 2. The van der Waals surface area contributed by atoms with Gasteiger partial charge in [-0.05, 0) is 48.1 Å². The van der Waals surface area contributed by atoms with Crippen LogP contribution in [0.15, 0.2) is 60.0 Å². The Morgan fingerprint density at radius 2 is 1.89 bits per heavy atom. The summed E-state index contributed by atoms with van der Waals surface area (Å²) in [6.07, 6.45) is 0.821. The van der Waals surface area contributed by atoms with E-state index in [2.05, 4.69) is 29.5 Å². The Hall–Kier alpha value is -3.92. The monoisotopic (exact) mass is 535 g/mol. The van der Waals surface area contributed by atoms with Gasteiger partial charge in [0.25, 0.3) is 0 Å². The molecule has 4 rings (SSSR count). The van der Waals surface area contributed by atoms with E-state index < -0.39 is 6.04 Å². The van der Waals surface area contributed by atoms with Gasteiger partial charge in [0.05, 0.1) is 26.3 Å². The van der Waals surface area contributed by atoms with Gasteiger partial charge in [0.1, 0.15) is 29.6 Å². The summed E-state index contributed by atoms with van der Waals surface area (Å²) in [5.74, 6) is 0.936. The van der Waals surface area contributed by atoms with Crippen molar-refractivity contribution in [1.29, 1.82) is 0 Å². The molecule has 0 fully saturated rings. The average molecular weight is 536 g/mol. The summed E-state index contributed by atoms with van der Waals surface area (Å²) in [7, 11) is 3.11. The fourth-order valence-corrected chi connectivity index (χ4v) is 4.93. The van der Waals surface area contributed by atoms with E-state index >= 15 is 0 Å². The Labute approximate surface area is 226 Å². The number of hydrogen-bond acceptors (Lipinski definition) is 7. The van der Waals surface area contributed by atoms with Crippen LogP contribution in [-0.4, -0.2) is 52.5 Å². The molecule has 9 nitrogen and oxygen atoms in total. The van der Waals surface area contributed by atoms with Gasteiger partial charge in [-0.25, -0.2) is 4.68 Å². The van der Waals surface area contributed by atoms with Crippen molar-refractivity contribution in [2.75, 3.05) is 20.8 Å². The maximum absolute atomic E-state index is 14.0. The molecular formula is C28H33N5O4S. The first kappa shape index (κ1) is 27.1. The van der Waals surface area contributed by atoms with Crippen LogP contribution in [0.5, 0.6) is 11.5 Å². The molecule has 0 saturated carbocycles. The summed E-state index contributed by atoms with van der Waals surface area (Å²) in [6, 6.07) is 15.7. The summed E-state index contributed by atoms with van der Waals surface area (Å²) >= 11 is 1.53. The first-order chi connectivity index (χ1) is 18.4. The van der Waals surface area contributed by atoms with E-state index in [1.807, 2.05) is 41.8 Å². The van der Waals surface area contributed by atoms with E-state index in [0.29, 0.717) is 35.0 Å². The average Bonchev–Trinajstić information content (AvgIpc) is 3.58. The number of hydrogen-bond donors (Lipinski definition) is 1. The van der Waals surface area contributed by atoms with Gasteiger partial charge in [-0.3, -0.25) is 9.59 Å². The van der Waals surface area contributed by atoms with Crippen LogP contribution in [0, 0.1) is 5.92 Å². The minimum Gasteiger partial charge on any atom is -0.497 e. The van der Waals surface area contributed by atoms with Gasteiger partial charge in [-0.1, -0.05) is 37.3 Å². The number of para-hydroxylation sites is 1. The van der Waals surface area contributed by atoms with Crippen LogP contribution in [-0.2, 0) is 22.7 Å². The number of fused-ring (bicyclic) bond motifs is 1. The molecule has 2 heterocycles. The summed E-state index contributed by atoms with van der Waals surface area (Å²) in [4.78, 5) is 30.4. The van der Waals surface area contributed by atoms with Crippen molar-refractivity contribution in [2.24, 2.45) is 5.92 Å². The van der Waals surface area contributed by atoms with E-state index in [1.54, 1.807) is 42.0 Å². The SMILES string of the molecule is COc1ccc([C@H](C(=O)NCCC(C)C)N(Cc2cccs2)C(=O)Cn2nnc3ccccc32)c(OC)c1. The number of nitrogens with zero attached hydrogens (tertiary/aromatic N) is 4. The summed E-state index contributed by atoms with van der Waals surface area (Å²) in [6.45, 7) is 4.89. The molecule has 200 valence electrons. The summed E-state index contributed by atoms with van der Waals surface area (Å²) in [5.41, 5.74) is 2.02.